The van der Waals surface area contributed by atoms with E-state index >= 15 is 0 Å². The summed E-state index contributed by atoms with van der Waals surface area (Å²) < 4.78 is 11.4. The molecule has 2 heterocycles. The number of aromatic amines is 1. The molecule has 0 saturated heterocycles. The lowest BCUT2D eigenvalue weighted by molar-refractivity contribution is 0.0472. The molecule has 0 spiro atoms. The van der Waals surface area contributed by atoms with Crippen molar-refractivity contribution in [1.29, 1.82) is 0 Å². The number of nitrogens with zero attached hydrogens (tertiary/aromatic N) is 1. The van der Waals surface area contributed by atoms with Gasteiger partial charge >= 0.3 is 5.97 Å². The second kappa shape index (κ2) is 10.2. The number of aromatic nitrogens is 2. The number of aryl methyl sites for hydroxylation is 1. The molecule has 0 aliphatic heterocycles. The number of ether oxygens (including phenoxy) is 2. The number of hydrogen-bond donors (Lipinski definition) is 1. The Bertz CT molecular complexity index is 1700. The largest absolute Gasteiger partial charge is 0.496 e. The molecule has 0 bridgehead atoms. The Kier molecular flexibility index (Phi) is 6.45. The molecule has 0 amide bonds. The van der Waals surface area contributed by atoms with E-state index in [2.05, 4.69) is 4.98 Å². The predicted octanol–water partition coefficient (Wildman–Crippen LogP) is 6.82. The standard InChI is InChI=1S/C33H28N2O4/c1-20-30(33(37)39-19-21-9-4-3-5-10-21)31(25-12-8-13-26-24(25)15-16-34-26)32-27(35-20)17-22(18-28(32)36)23-11-6-7-14-29(23)38-2/h3-16,22,34H,17-19H2,1-2H3/t22-/m1/s1. The highest BCUT2D eigenvalue weighted by molar-refractivity contribution is 6.13. The average molecular weight is 517 g/mol. The summed E-state index contributed by atoms with van der Waals surface area (Å²) in [6.07, 6.45) is 2.73. The van der Waals surface area contributed by atoms with Crippen molar-refractivity contribution in [2.75, 3.05) is 7.11 Å². The molecule has 6 heteroatoms. The topological polar surface area (TPSA) is 81.3 Å². The molecule has 0 saturated carbocycles. The number of fused-ring (bicyclic) bond motifs is 2. The van der Waals surface area contributed by atoms with Gasteiger partial charge in [-0.3, -0.25) is 9.78 Å². The van der Waals surface area contributed by atoms with Crippen molar-refractivity contribution in [2.24, 2.45) is 0 Å². The maximum atomic E-state index is 14.0. The lowest BCUT2D eigenvalue weighted by Gasteiger charge is -2.28. The predicted molar refractivity (Wildman–Crippen MR) is 150 cm³/mol. The Hall–Kier alpha value is -4.71. The summed E-state index contributed by atoms with van der Waals surface area (Å²) >= 11 is 0. The molecule has 194 valence electrons. The lowest BCUT2D eigenvalue weighted by atomic mass is 9.77. The molecule has 39 heavy (non-hydrogen) atoms. The summed E-state index contributed by atoms with van der Waals surface area (Å²) in [5.41, 5.74) is 6.29. The summed E-state index contributed by atoms with van der Waals surface area (Å²) in [4.78, 5) is 35.7. The monoisotopic (exact) mass is 516 g/mol. The average Bonchev–Trinajstić information content (AvgIpc) is 3.45. The molecule has 6 rings (SSSR count). The van der Waals surface area contributed by atoms with Crippen LogP contribution in [-0.2, 0) is 17.8 Å². The van der Waals surface area contributed by atoms with E-state index in [1.54, 1.807) is 7.11 Å². The zero-order valence-electron chi connectivity index (χ0n) is 21.9. The van der Waals surface area contributed by atoms with Crippen LogP contribution >= 0.6 is 0 Å². The first-order valence-electron chi connectivity index (χ1n) is 13.0. The van der Waals surface area contributed by atoms with E-state index in [1.807, 2.05) is 92.0 Å². The number of pyridine rings is 1. The number of benzene rings is 3. The highest BCUT2D eigenvalue weighted by atomic mass is 16.5. The van der Waals surface area contributed by atoms with Crippen molar-refractivity contribution in [2.45, 2.75) is 32.3 Å². The van der Waals surface area contributed by atoms with Crippen molar-refractivity contribution < 1.29 is 19.1 Å². The number of nitrogens with one attached hydrogen (secondary N) is 1. The number of Topliss-reactive ketones (excluding diaryl/α,β-unsaturated/α-hetero) is 1. The van der Waals surface area contributed by atoms with Crippen molar-refractivity contribution in [3.8, 4) is 16.9 Å². The van der Waals surface area contributed by atoms with Crippen LogP contribution in [0.15, 0.2) is 85.1 Å². The number of ketones is 1. The van der Waals surface area contributed by atoms with Crippen LogP contribution < -0.4 is 4.74 Å². The van der Waals surface area contributed by atoms with Crippen LogP contribution in [0.25, 0.3) is 22.0 Å². The number of hydrogen-bond acceptors (Lipinski definition) is 5. The number of carbonyl (C=O) groups excluding carboxylic acids is 2. The van der Waals surface area contributed by atoms with Gasteiger partial charge in [0, 0.05) is 40.6 Å². The fourth-order valence-corrected chi connectivity index (χ4v) is 5.69. The van der Waals surface area contributed by atoms with Crippen molar-refractivity contribution >= 4 is 22.7 Å². The minimum atomic E-state index is -0.492. The quantitative estimate of drug-likeness (QED) is 0.251. The first-order chi connectivity index (χ1) is 19.0. The second-order valence-corrected chi connectivity index (χ2v) is 9.85. The van der Waals surface area contributed by atoms with Gasteiger partial charge in [-0.2, -0.15) is 0 Å². The van der Waals surface area contributed by atoms with E-state index in [1.165, 1.54) is 0 Å². The van der Waals surface area contributed by atoms with Crippen LogP contribution in [0.3, 0.4) is 0 Å². The number of para-hydroxylation sites is 1. The third-order valence-corrected chi connectivity index (χ3v) is 7.46. The van der Waals surface area contributed by atoms with Crippen LogP contribution in [0.1, 0.15) is 55.6 Å². The molecule has 6 nitrogen and oxygen atoms in total. The van der Waals surface area contributed by atoms with Crippen molar-refractivity contribution in [3.05, 3.63) is 119 Å². The molecular weight excluding hydrogens is 488 g/mol. The zero-order chi connectivity index (χ0) is 26.9. The number of methoxy groups -OCH3 is 1. The highest BCUT2D eigenvalue weighted by Gasteiger charge is 2.35. The minimum Gasteiger partial charge on any atom is -0.496 e. The number of rotatable bonds is 6. The van der Waals surface area contributed by atoms with Crippen LogP contribution in [0.5, 0.6) is 5.75 Å². The smallest absolute Gasteiger partial charge is 0.340 e. The highest BCUT2D eigenvalue weighted by Crippen LogP contribution is 2.43. The Morgan fingerprint density at radius 2 is 1.74 bits per heavy atom. The van der Waals surface area contributed by atoms with Crippen LogP contribution in [0.4, 0.5) is 0 Å². The number of H-pyrrole nitrogens is 1. The van der Waals surface area contributed by atoms with E-state index in [0.29, 0.717) is 40.9 Å². The molecule has 5 aromatic rings. The number of esters is 1. The number of carbonyl (C=O) groups is 2. The normalized spacial score (nSPS) is 14.7. The second-order valence-electron chi connectivity index (χ2n) is 9.85. The van der Waals surface area contributed by atoms with Crippen molar-refractivity contribution in [1.82, 2.24) is 9.97 Å². The van der Waals surface area contributed by atoms with Gasteiger partial charge in [-0.15, -0.1) is 0 Å². The minimum absolute atomic E-state index is 0.0423. The Balaban J connectivity index is 1.50. The maximum Gasteiger partial charge on any atom is 0.340 e. The van der Waals surface area contributed by atoms with Gasteiger partial charge in [0.15, 0.2) is 5.78 Å². The van der Waals surface area contributed by atoms with Crippen molar-refractivity contribution in [3.63, 3.8) is 0 Å². The maximum absolute atomic E-state index is 14.0. The van der Waals surface area contributed by atoms with Gasteiger partial charge in [0.25, 0.3) is 0 Å². The van der Waals surface area contributed by atoms with Crippen LogP contribution in [0.2, 0.25) is 0 Å². The first-order valence-corrected chi connectivity index (χ1v) is 13.0. The van der Waals surface area contributed by atoms with Gasteiger partial charge in [0.1, 0.15) is 12.4 Å². The van der Waals surface area contributed by atoms with Gasteiger partial charge in [-0.25, -0.2) is 4.79 Å². The Morgan fingerprint density at radius 3 is 2.56 bits per heavy atom. The SMILES string of the molecule is COc1ccccc1[C@H]1CC(=O)c2c(nc(C)c(C(=O)OCc3ccccc3)c2-c2cccc3[nH]ccc23)C1. The summed E-state index contributed by atoms with van der Waals surface area (Å²) in [5, 5.41) is 0.932. The molecule has 1 aliphatic carbocycles. The molecule has 2 aromatic heterocycles. The summed E-state index contributed by atoms with van der Waals surface area (Å²) in [6.45, 7) is 1.95. The summed E-state index contributed by atoms with van der Waals surface area (Å²) in [6, 6.07) is 25.2. The molecule has 1 aliphatic rings. The first kappa shape index (κ1) is 24.6. The zero-order valence-corrected chi connectivity index (χ0v) is 21.9. The molecule has 1 atom stereocenters. The third kappa shape index (κ3) is 4.48. The van der Waals surface area contributed by atoms with E-state index < -0.39 is 5.97 Å². The summed E-state index contributed by atoms with van der Waals surface area (Å²) in [7, 11) is 1.64. The molecule has 0 radical (unpaired) electrons. The molecule has 3 aromatic carbocycles. The van der Waals surface area contributed by atoms with Gasteiger partial charge in [-0.1, -0.05) is 60.7 Å². The van der Waals surface area contributed by atoms with Crippen LogP contribution in [0, 0.1) is 6.92 Å². The Morgan fingerprint density at radius 1 is 0.949 bits per heavy atom. The Labute approximate surface area is 226 Å². The van der Waals surface area contributed by atoms with Crippen LogP contribution in [-0.4, -0.2) is 28.8 Å². The molecule has 1 N–H and O–H groups in total. The van der Waals surface area contributed by atoms with Gasteiger partial charge < -0.3 is 14.5 Å². The fourth-order valence-electron chi connectivity index (χ4n) is 5.69. The van der Waals surface area contributed by atoms with Gasteiger partial charge in [-0.05, 0) is 48.2 Å². The molecule has 0 unspecified atom stereocenters. The fraction of sp³-hybridized carbons (Fsp3) is 0.182. The third-order valence-electron chi connectivity index (χ3n) is 7.46. The lowest BCUT2D eigenvalue weighted by Crippen LogP contribution is -2.24. The molecular formula is C33H28N2O4. The van der Waals surface area contributed by atoms with E-state index in [-0.39, 0.29) is 18.3 Å². The summed E-state index contributed by atoms with van der Waals surface area (Å²) in [5.74, 6) is 0.155. The molecule has 0 fully saturated rings. The van der Waals surface area contributed by atoms with Gasteiger partial charge in [0.2, 0.25) is 0 Å². The van der Waals surface area contributed by atoms with E-state index in [9.17, 15) is 9.59 Å². The van der Waals surface area contributed by atoms with E-state index in [4.69, 9.17) is 14.5 Å². The van der Waals surface area contributed by atoms with Gasteiger partial charge in [0.05, 0.1) is 24.1 Å². The van der Waals surface area contributed by atoms with E-state index in [0.717, 1.165) is 33.3 Å².